The molecule has 0 radical (unpaired) electrons. The predicted octanol–water partition coefficient (Wildman–Crippen LogP) is -0.430. The molecule has 3 aliphatic rings. The van der Waals surface area contributed by atoms with Crippen molar-refractivity contribution in [3.8, 4) is 0 Å². The number of hydrogen-bond donors (Lipinski definition) is 1. The number of nitrogens with one attached hydrogen (secondary N) is 1. The summed E-state index contributed by atoms with van der Waals surface area (Å²) in [7, 11) is 1.59. The number of likely N-dealkylation sites (N-methyl/N-ethyl adjacent to an activating group) is 1. The Kier molecular flexibility index (Phi) is 2.67. The Hall–Kier alpha value is -0.940. The third kappa shape index (κ3) is 1.87. The molecule has 0 aliphatic carbocycles. The van der Waals surface area contributed by atoms with Crippen LogP contribution in [0.4, 0.5) is 0 Å². The molecule has 0 aromatic carbocycles. The van der Waals surface area contributed by atoms with E-state index in [4.69, 9.17) is 0 Å². The van der Waals surface area contributed by atoms with Crippen LogP contribution >= 0.6 is 0 Å². The van der Waals surface area contributed by atoms with Crippen LogP contribution in [0.2, 0.25) is 0 Å². The van der Waals surface area contributed by atoms with Gasteiger partial charge in [-0.25, -0.2) is 0 Å². The van der Waals surface area contributed by atoms with Crippen LogP contribution in [0, 0.1) is 0 Å². The zero-order valence-corrected chi connectivity index (χ0v) is 10.2. The summed E-state index contributed by atoms with van der Waals surface area (Å²) >= 11 is 0. The molecule has 17 heavy (non-hydrogen) atoms. The molecule has 3 atom stereocenters. The van der Waals surface area contributed by atoms with E-state index >= 15 is 0 Å². The maximum atomic E-state index is 12.0. The molecule has 3 unspecified atom stereocenters. The minimum Gasteiger partial charge on any atom is -0.310 e. The zero-order valence-electron chi connectivity index (χ0n) is 10.2. The van der Waals surface area contributed by atoms with Gasteiger partial charge in [0.25, 0.3) is 0 Å². The van der Waals surface area contributed by atoms with Crippen LogP contribution in [0.15, 0.2) is 0 Å². The number of nitrogens with zero attached hydrogens (tertiary/aromatic N) is 2. The Balaban J connectivity index is 1.72. The van der Waals surface area contributed by atoms with Gasteiger partial charge in [-0.05, 0) is 19.3 Å². The van der Waals surface area contributed by atoms with Crippen molar-refractivity contribution in [1.82, 2.24) is 15.1 Å². The van der Waals surface area contributed by atoms with E-state index in [0.29, 0.717) is 18.5 Å². The van der Waals surface area contributed by atoms with Gasteiger partial charge in [0.05, 0.1) is 12.5 Å². The van der Waals surface area contributed by atoms with Gasteiger partial charge in [0.1, 0.15) is 0 Å². The largest absolute Gasteiger partial charge is 0.310 e. The van der Waals surface area contributed by atoms with E-state index in [0.717, 1.165) is 19.5 Å². The van der Waals surface area contributed by atoms with Gasteiger partial charge >= 0.3 is 0 Å². The Labute approximate surface area is 101 Å². The number of rotatable bonds is 1. The molecule has 0 saturated carbocycles. The third-order valence-corrected chi connectivity index (χ3v) is 4.35. The average molecular weight is 237 g/mol. The lowest BCUT2D eigenvalue weighted by atomic mass is 10.1. The minimum absolute atomic E-state index is 0.0206. The van der Waals surface area contributed by atoms with Crippen molar-refractivity contribution in [2.75, 3.05) is 20.1 Å². The number of carbonyl (C=O) groups excluding carboxylic acids is 2. The molecule has 0 aromatic heterocycles. The predicted molar refractivity (Wildman–Crippen MR) is 62.3 cm³/mol. The lowest BCUT2D eigenvalue weighted by Gasteiger charge is -2.28. The highest BCUT2D eigenvalue weighted by Crippen LogP contribution is 2.25. The van der Waals surface area contributed by atoms with E-state index in [9.17, 15) is 9.59 Å². The molecule has 0 spiro atoms. The zero-order chi connectivity index (χ0) is 12.0. The summed E-state index contributed by atoms with van der Waals surface area (Å²) in [4.78, 5) is 27.0. The first-order valence-electron chi connectivity index (χ1n) is 6.45. The van der Waals surface area contributed by atoms with Crippen LogP contribution < -0.4 is 5.32 Å². The summed E-state index contributed by atoms with van der Waals surface area (Å²) in [6.07, 6.45) is 3.92. The smallest absolute Gasteiger partial charge is 0.246 e. The van der Waals surface area contributed by atoms with Gasteiger partial charge in [-0.2, -0.15) is 0 Å². The fourth-order valence-electron chi connectivity index (χ4n) is 3.27. The van der Waals surface area contributed by atoms with E-state index in [1.54, 1.807) is 7.05 Å². The maximum Gasteiger partial charge on any atom is 0.246 e. The summed E-state index contributed by atoms with van der Waals surface area (Å²) in [5.41, 5.74) is 0. The molecule has 0 aromatic rings. The van der Waals surface area contributed by atoms with Gasteiger partial charge in [-0.1, -0.05) is 0 Å². The molecule has 5 nitrogen and oxygen atoms in total. The highest BCUT2D eigenvalue weighted by Gasteiger charge is 2.42. The number of likely N-dealkylation sites (tertiary alicyclic amines) is 2. The monoisotopic (exact) mass is 237 g/mol. The second kappa shape index (κ2) is 4.07. The van der Waals surface area contributed by atoms with Crippen LogP contribution in [0.5, 0.6) is 0 Å². The van der Waals surface area contributed by atoms with E-state index in [-0.39, 0.29) is 17.9 Å². The molecule has 3 aliphatic heterocycles. The van der Waals surface area contributed by atoms with E-state index < -0.39 is 0 Å². The van der Waals surface area contributed by atoms with Crippen LogP contribution in [-0.2, 0) is 9.59 Å². The molecule has 3 saturated heterocycles. The molecule has 94 valence electrons. The quantitative estimate of drug-likeness (QED) is 0.629. The second-order valence-electron chi connectivity index (χ2n) is 5.43. The minimum atomic E-state index is -0.200. The first-order chi connectivity index (χ1) is 8.15. The topological polar surface area (TPSA) is 52.7 Å². The van der Waals surface area contributed by atoms with Gasteiger partial charge < -0.3 is 5.32 Å². The Morgan fingerprint density at radius 2 is 1.94 bits per heavy atom. The number of fused-ring (bicyclic) bond motifs is 2. The van der Waals surface area contributed by atoms with Crippen molar-refractivity contribution in [2.24, 2.45) is 0 Å². The standard InChI is InChI=1S/C12H19N3O2/c1-14-11(16)6-10(12(14)17)15-5-4-8-2-3-9(7-15)13-8/h8-10,13H,2-7H2,1H3. The Morgan fingerprint density at radius 3 is 2.65 bits per heavy atom. The van der Waals surface area contributed by atoms with Crippen LogP contribution in [-0.4, -0.2) is 59.9 Å². The summed E-state index contributed by atoms with van der Waals surface area (Å²) in [5, 5.41) is 3.59. The number of hydrogen-bond acceptors (Lipinski definition) is 4. The molecule has 2 amide bonds. The van der Waals surface area contributed by atoms with Crippen molar-refractivity contribution < 1.29 is 9.59 Å². The Bertz CT molecular complexity index is 358. The van der Waals surface area contributed by atoms with Gasteiger partial charge in [0.15, 0.2) is 0 Å². The first kappa shape index (κ1) is 11.2. The van der Waals surface area contributed by atoms with Crippen molar-refractivity contribution in [3.63, 3.8) is 0 Å². The first-order valence-corrected chi connectivity index (χ1v) is 6.45. The molecule has 3 fully saturated rings. The SMILES string of the molecule is CN1C(=O)CC(N2CCC3CCC(C2)N3)C1=O. The normalized spacial score (nSPS) is 38.9. The van der Waals surface area contributed by atoms with Gasteiger partial charge in [0.2, 0.25) is 11.8 Å². The van der Waals surface area contributed by atoms with E-state index in [2.05, 4.69) is 10.2 Å². The average Bonchev–Trinajstić information content (AvgIpc) is 2.75. The molecule has 3 heterocycles. The van der Waals surface area contributed by atoms with Crippen LogP contribution in [0.1, 0.15) is 25.7 Å². The van der Waals surface area contributed by atoms with Crippen molar-refractivity contribution in [2.45, 2.75) is 43.8 Å². The molecular weight excluding hydrogens is 218 g/mol. The highest BCUT2D eigenvalue weighted by atomic mass is 16.2. The highest BCUT2D eigenvalue weighted by molar-refractivity contribution is 6.05. The lowest BCUT2D eigenvalue weighted by Crippen LogP contribution is -2.45. The Morgan fingerprint density at radius 1 is 1.18 bits per heavy atom. The van der Waals surface area contributed by atoms with Crippen molar-refractivity contribution >= 4 is 11.8 Å². The van der Waals surface area contributed by atoms with Crippen LogP contribution in [0.3, 0.4) is 0 Å². The molecular formula is C12H19N3O2. The van der Waals surface area contributed by atoms with Gasteiger partial charge in [-0.3, -0.25) is 19.4 Å². The number of amides is 2. The van der Waals surface area contributed by atoms with Crippen LogP contribution in [0.25, 0.3) is 0 Å². The summed E-state index contributed by atoms with van der Waals surface area (Å²) in [6.45, 7) is 1.85. The van der Waals surface area contributed by atoms with E-state index in [1.807, 2.05) is 0 Å². The third-order valence-electron chi connectivity index (χ3n) is 4.35. The fraction of sp³-hybridized carbons (Fsp3) is 0.833. The van der Waals surface area contributed by atoms with E-state index in [1.165, 1.54) is 17.7 Å². The summed E-state index contributed by atoms with van der Waals surface area (Å²) in [5.74, 6) is -0.0601. The number of carbonyl (C=O) groups is 2. The summed E-state index contributed by atoms with van der Waals surface area (Å²) < 4.78 is 0. The van der Waals surface area contributed by atoms with Gasteiger partial charge in [-0.15, -0.1) is 0 Å². The maximum absolute atomic E-state index is 12.0. The lowest BCUT2D eigenvalue weighted by molar-refractivity contribution is -0.138. The molecule has 5 heteroatoms. The molecule has 2 bridgehead atoms. The van der Waals surface area contributed by atoms with Crippen molar-refractivity contribution in [3.05, 3.63) is 0 Å². The summed E-state index contributed by atoms with van der Waals surface area (Å²) in [6, 6.07) is 0.930. The number of imide groups is 1. The molecule has 1 N–H and O–H groups in total. The second-order valence-corrected chi connectivity index (χ2v) is 5.43. The fourth-order valence-corrected chi connectivity index (χ4v) is 3.27. The van der Waals surface area contributed by atoms with Gasteiger partial charge in [0, 0.05) is 32.2 Å². The molecule has 3 rings (SSSR count). The van der Waals surface area contributed by atoms with Crippen molar-refractivity contribution in [1.29, 1.82) is 0 Å².